The third kappa shape index (κ3) is 3.09. The summed E-state index contributed by atoms with van der Waals surface area (Å²) in [7, 11) is -0.192. The molecule has 0 aliphatic carbocycles. The molecule has 0 saturated carbocycles. The maximum Gasteiger partial charge on any atom is 0.267 e. The van der Waals surface area contributed by atoms with E-state index < -0.39 is 10.0 Å². The molecule has 1 aliphatic rings. The fourth-order valence-electron chi connectivity index (χ4n) is 3.46. The van der Waals surface area contributed by atoms with Crippen molar-refractivity contribution in [1.29, 1.82) is 0 Å². The Labute approximate surface area is 164 Å². The predicted octanol–water partition coefficient (Wildman–Crippen LogP) is 2.92. The molecule has 7 nitrogen and oxygen atoms in total. The van der Waals surface area contributed by atoms with E-state index in [-0.39, 0.29) is 4.90 Å². The Morgan fingerprint density at radius 3 is 2.39 bits per heavy atom. The topological polar surface area (TPSA) is 67.7 Å². The minimum absolute atomic E-state index is 0.151. The Bertz CT molecular complexity index is 1090. The summed E-state index contributed by atoms with van der Waals surface area (Å²) in [5.41, 5.74) is 2.27. The maximum atomic E-state index is 13.4. The molecule has 8 heteroatoms. The summed E-state index contributed by atoms with van der Waals surface area (Å²) in [5, 5.41) is 4.27. The molecule has 0 radical (unpaired) electrons. The monoisotopic (exact) mass is 398 g/mol. The Balaban J connectivity index is 1.76. The van der Waals surface area contributed by atoms with Gasteiger partial charge in [0, 0.05) is 20.1 Å². The zero-order valence-electron chi connectivity index (χ0n) is 15.8. The Morgan fingerprint density at radius 2 is 1.64 bits per heavy atom. The van der Waals surface area contributed by atoms with Crippen molar-refractivity contribution in [3.05, 3.63) is 60.9 Å². The van der Waals surface area contributed by atoms with Crippen molar-refractivity contribution in [3.63, 3.8) is 0 Å². The number of sulfonamides is 1. The number of rotatable bonds is 4. The third-order valence-electron chi connectivity index (χ3n) is 4.90. The number of benzene rings is 2. The highest BCUT2D eigenvalue weighted by Gasteiger charge is 2.30. The third-order valence-corrected chi connectivity index (χ3v) is 6.66. The summed E-state index contributed by atoms with van der Waals surface area (Å²) in [5.74, 6) is 0.622. The van der Waals surface area contributed by atoms with Crippen LogP contribution in [-0.4, -0.2) is 45.4 Å². The number of methoxy groups -OCH3 is 1. The molecule has 0 N–H and O–H groups in total. The van der Waals surface area contributed by atoms with Crippen LogP contribution in [-0.2, 0) is 10.0 Å². The van der Waals surface area contributed by atoms with Gasteiger partial charge < -0.3 is 9.64 Å². The summed E-state index contributed by atoms with van der Waals surface area (Å²) in [6.07, 6.45) is 3.66. The molecule has 0 saturated heterocycles. The number of nitrogens with zero attached hydrogens (tertiary/aromatic N) is 4. The van der Waals surface area contributed by atoms with Gasteiger partial charge in [0.05, 0.1) is 30.9 Å². The van der Waals surface area contributed by atoms with Crippen LogP contribution >= 0.6 is 0 Å². The van der Waals surface area contributed by atoms with Gasteiger partial charge >= 0.3 is 0 Å². The van der Waals surface area contributed by atoms with Crippen molar-refractivity contribution in [2.24, 2.45) is 0 Å². The van der Waals surface area contributed by atoms with Crippen LogP contribution in [0.2, 0.25) is 0 Å². The first-order valence-corrected chi connectivity index (χ1v) is 10.5. The van der Waals surface area contributed by atoms with Crippen LogP contribution < -0.4 is 13.9 Å². The minimum atomic E-state index is -3.75. The van der Waals surface area contributed by atoms with Gasteiger partial charge in [0.2, 0.25) is 0 Å². The van der Waals surface area contributed by atoms with E-state index in [0.717, 1.165) is 18.7 Å². The zero-order chi connectivity index (χ0) is 19.7. The van der Waals surface area contributed by atoms with E-state index in [1.54, 1.807) is 7.11 Å². The molecule has 1 aromatic heterocycles. The molecule has 3 aromatic rings. The van der Waals surface area contributed by atoms with Crippen LogP contribution in [0.1, 0.15) is 6.42 Å². The largest absolute Gasteiger partial charge is 0.494 e. The van der Waals surface area contributed by atoms with E-state index in [9.17, 15) is 8.42 Å². The van der Waals surface area contributed by atoms with Crippen LogP contribution in [0.25, 0.3) is 5.69 Å². The number of anilines is 2. The second-order valence-electron chi connectivity index (χ2n) is 6.63. The van der Waals surface area contributed by atoms with Crippen molar-refractivity contribution in [3.8, 4) is 11.4 Å². The van der Waals surface area contributed by atoms with Gasteiger partial charge in [-0.25, -0.2) is 13.1 Å². The molecule has 0 atom stereocenters. The highest BCUT2D eigenvalue weighted by molar-refractivity contribution is 7.92. The highest BCUT2D eigenvalue weighted by Crippen LogP contribution is 2.35. The first-order chi connectivity index (χ1) is 13.5. The molecule has 0 bridgehead atoms. The predicted molar refractivity (Wildman–Crippen MR) is 109 cm³/mol. The first-order valence-electron chi connectivity index (χ1n) is 9.03. The van der Waals surface area contributed by atoms with Crippen molar-refractivity contribution in [2.75, 3.05) is 36.5 Å². The molecule has 0 amide bonds. The lowest BCUT2D eigenvalue weighted by Gasteiger charge is -2.24. The van der Waals surface area contributed by atoms with Crippen LogP contribution in [0.4, 0.5) is 11.4 Å². The standard InChI is InChI=1S/C20H22N4O3S/c1-22-12-7-13-24(18-9-4-3-8-17(18)22)28(25,26)16-14-21-23(15-16)19-10-5-6-11-20(19)27-2/h3-6,8-11,14-15H,7,12-13H2,1-2H3. The summed E-state index contributed by atoms with van der Waals surface area (Å²) in [6.45, 7) is 1.22. The lowest BCUT2D eigenvalue weighted by atomic mass is 10.2. The van der Waals surface area contributed by atoms with Crippen LogP contribution in [0, 0.1) is 0 Å². The lowest BCUT2D eigenvalue weighted by molar-refractivity contribution is 0.411. The fourth-order valence-corrected chi connectivity index (χ4v) is 4.91. The Morgan fingerprint density at radius 1 is 0.964 bits per heavy atom. The molecular weight excluding hydrogens is 376 g/mol. The number of hydrogen-bond acceptors (Lipinski definition) is 5. The molecule has 0 fully saturated rings. The van der Waals surface area contributed by atoms with E-state index >= 15 is 0 Å². The second-order valence-corrected chi connectivity index (χ2v) is 8.50. The average molecular weight is 398 g/mol. The van der Waals surface area contributed by atoms with Gasteiger partial charge in [0.15, 0.2) is 0 Å². The molecule has 0 spiro atoms. The van der Waals surface area contributed by atoms with Gasteiger partial charge in [-0.2, -0.15) is 5.10 Å². The summed E-state index contributed by atoms with van der Waals surface area (Å²) in [6, 6.07) is 14.9. The quantitative estimate of drug-likeness (QED) is 0.676. The van der Waals surface area contributed by atoms with Crippen LogP contribution in [0.5, 0.6) is 5.75 Å². The van der Waals surface area contributed by atoms with E-state index in [2.05, 4.69) is 10.00 Å². The van der Waals surface area contributed by atoms with E-state index in [1.807, 2.05) is 55.6 Å². The van der Waals surface area contributed by atoms with Gasteiger partial charge in [-0.1, -0.05) is 24.3 Å². The van der Waals surface area contributed by atoms with E-state index in [0.29, 0.717) is 23.7 Å². The normalized spacial score (nSPS) is 14.5. The Hall–Kier alpha value is -3.00. The van der Waals surface area contributed by atoms with Crippen molar-refractivity contribution < 1.29 is 13.2 Å². The smallest absolute Gasteiger partial charge is 0.267 e. The first kappa shape index (κ1) is 18.4. The molecule has 1 aliphatic heterocycles. The molecule has 2 aromatic carbocycles. The maximum absolute atomic E-state index is 13.4. The van der Waals surface area contributed by atoms with Gasteiger partial charge in [0.25, 0.3) is 10.0 Å². The molecule has 2 heterocycles. The molecule has 0 unspecified atom stereocenters. The second kappa shape index (κ2) is 7.20. The summed E-state index contributed by atoms with van der Waals surface area (Å²) in [4.78, 5) is 2.24. The van der Waals surface area contributed by atoms with Crippen molar-refractivity contribution >= 4 is 21.4 Å². The molecule has 28 heavy (non-hydrogen) atoms. The van der Waals surface area contributed by atoms with Gasteiger partial charge in [0.1, 0.15) is 16.3 Å². The fraction of sp³-hybridized carbons (Fsp3) is 0.250. The lowest BCUT2D eigenvalue weighted by Crippen LogP contribution is -2.31. The van der Waals surface area contributed by atoms with Crippen LogP contribution in [0.3, 0.4) is 0 Å². The minimum Gasteiger partial charge on any atom is -0.494 e. The number of fused-ring (bicyclic) bond motifs is 1. The zero-order valence-corrected chi connectivity index (χ0v) is 16.6. The van der Waals surface area contributed by atoms with Gasteiger partial charge in [-0.15, -0.1) is 0 Å². The molecule has 146 valence electrons. The van der Waals surface area contributed by atoms with E-state index in [1.165, 1.54) is 21.4 Å². The highest BCUT2D eigenvalue weighted by atomic mass is 32.2. The van der Waals surface area contributed by atoms with Crippen molar-refractivity contribution in [1.82, 2.24) is 9.78 Å². The molecular formula is C20H22N4O3S. The summed E-state index contributed by atoms with van der Waals surface area (Å²) >= 11 is 0. The number of aromatic nitrogens is 2. The van der Waals surface area contributed by atoms with Gasteiger partial charge in [-0.05, 0) is 30.7 Å². The number of ether oxygens (including phenoxy) is 1. The van der Waals surface area contributed by atoms with Crippen LogP contribution in [0.15, 0.2) is 65.8 Å². The number of para-hydroxylation sites is 4. The van der Waals surface area contributed by atoms with Gasteiger partial charge in [-0.3, -0.25) is 4.31 Å². The average Bonchev–Trinajstić information content (AvgIpc) is 3.15. The SMILES string of the molecule is COc1ccccc1-n1cc(S(=O)(=O)N2CCCN(C)c3ccccc32)cn1. The molecule has 4 rings (SSSR count). The summed E-state index contributed by atoms with van der Waals surface area (Å²) < 4.78 is 35.2. The van der Waals surface area contributed by atoms with E-state index in [4.69, 9.17) is 4.74 Å². The van der Waals surface area contributed by atoms with Crippen molar-refractivity contribution in [2.45, 2.75) is 11.3 Å². The number of hydrogen-bond donors (Lipinski definition) is 0. The Kier molecular flexibility index (Phi) is 4.72.